The quantitative estimate of drug-likeness (QED) is 0.308. The summed E-state index contributed by atoms with van der Waals surface area (Å²) in [5.41, 5.74) is 4.11. The van der Waals surface area contributed by atoms with E-state index in [4.69, 9.17) is 4.74 Å². The lowest BCUT2D eigenvalue weighted by molar-refractivity contribution is 0.393. The molecule has 24 heavy (non-hydrogen) atoms. The predicted octanol–water partition coefficient (Wildman–Crippen LogP) is 5.31. The summed E-state index contributed by atoms with van der Waals surface area (Å²) in [5.74, 6) is 0.869. The van der Waals surface area contributed by atoms with Gasteiger partial charge in [-0.25, -0.2) is 0 Å². The van der Waals surface area contributed by atoms with Gasteiger partial charge in [0.2, 0.25) is 5.90 Å². The number of phenolic OH excluding ortho intramolecular Hbond substituents is 2. The smallest absolute Gasteiger partial charge is 0.209 e. The van der Waals surface area contributed by atoms with Crippen molar-refractivity contribution in [2.45, 2.75) is 78.1 Å². The van der Waals surface area contributed by atoms with Gasteiger partial charge in [-0.2, -0.15) is 0 Å². The number of unbranched alkanes of at least 4 members (excludes halogenated alkanes) is 8. The Morgan fingerprint density at radius 2 is 1.62 bits per heavy atom. The highest BCUT2D eigenvalue weighted by Crippen LogP contribution is 2.44. The van der Waals surface area contributed by atoms with Gasteiger partial charge in [-0.1, -0.05) is 58.3 Å². The topological polar surface area (TPSA) is 74.1 Å². The average molecular weight is 334 g/mol. The molecule has 0 fully saturated rings. The summed E-state index contributed by atoms with van der Waals surface area (Å²) in [5, 5.41) is 24.0. The van der Waals surface area contributed by atoms with Gasteiger partial charge in [-0.3, -0.25) is 5.43 Å². The lowest BCUT2D eigenvalue weighted by Crippen LogP contribution is -2.14. The van der Waals surface area contributed by atoms with Crippen LogP contribution in [0.1, 0.15) is 77.2 Å². The number of nitrogens with one attached hydrogen (secondary N) is 1. The summed E-state index contributed by atoms with van der Waals surface area (Å²) < 4.78 is 5.65. The number of anilines is 1. The summed E-state index contributed by atoms with van der Waals surface area (Å²) in [6.07, 6.45) is 11.9. The monoisotopic (exact) mass is 334 g/mol. The van der Waals surface area contributed by atoms with Crippen LogP contribution in [-0.2, 0) is 6.42 Å². The molecule has 0 aliphatic carbocycles. The van der Waals surface area contributed by atoms with E-state index >= 15 is 0 Å². The third-order valence-corrected chi connectivity index (χ3v) is 4.44. The number of rotatable bonds is 10. The third-order valence-electron chi connectivity index (χ3n) is 4.44. The number of hydrazone groups is 1. The first-order valence-corrected chi connectivity index (χ1v) is 9.19. The molecule has 0 aromatic heterocycles. The van der Waals surface area contributed by atoms with E-state index in [2.05, 4.69) is 17.5 Å². The predicted molar refractivity (Wildman–Crippen MR) is 98.1 cm³/mol. The van der Waals surface area contributed by atoms with Crippen molar-refractivity contribution in [1.82, 2.24) is 0 Å². The second-order valence-corrected chi connectivity index (χ2v) is 6.52. The minimum absolute atomic E-state index is 0.0789. The fraction of sp³-hybridized carbons (Fsp3) is 0.632. The van der Waals surface area contributed by atoms with Crippen LogP contribution in [0.2, 0.25) is 0 Å². The molecule has 2 rings (SSSR count). The lowest BCUT2D eigenvalue weighted by atomic mass is 10.0. The minimum Gasteiger partial charge on any atom is -0.504 e. The zero-order valence-electron chi connectivity index (χ0n) is 14.9. The standard InChI is InChI=1S/C19H30N2O3/c1-3-4-5-6-7-8-9-10-11-12-15-18(23)17(22)13-16-19(15)24-14(2)20-21-16/h13,21-23H,3-12H2,1-2H3. The Labute approximate surface area is 144 Å². The lowest BCUT2D eigenvalue weighted by Gasteiger charge is -2.20. The van der Waals surface area contributed by atoms with E-state index in [9.17, 15) is 10.2 Å². The summed E-state index contributed by atoms with van der Waals surface area (Å²) in [6.45, 7) is 3.99. The van der Waals surface area contributed by atoms with Gasteiger partial charge in [-0.15, -0.1) is 5.10 Å². The van der Waals surface area contributed by atoms with Crippen LogP contribution in [0.15, 0.2) is 11.2 Å². The normalized spacial score (nSPS) is 13.0. The van der Waals surface area contributed by atoms with Gasteiger partial charge in [-0.05, 0) is 12.8 Å². The second kappa shape index (κ2) is 9.40. The fourth-order valence-electron chi connectivity index (χ4n) is 3.05. The highest BCUT2D eigenvalue weighted by atomic mass is 16.5. The summed E-state index contributed by atoms with van der Waals surface area (Å²) in [6, 6.07) is 1.44. The van der Waals surface area contributed by atoms with Crippen molar-refractivity contribution in [3.05, 3.63) is 11.6 Å². The maximum Gasteiger partial charge on any atom is 0.209 e. The molecule has 1 aliphatic rings. The third kappa shape index (κ3) is 5.05. The number of nitrogens with zero attached hydrogens (tertiary/aromatic N) is 1. The van der Waals surface area contributed by atoms with Crippen molar-refractivity contribution in [3.8, 4) is 17.2 Å². The molecule has 0 saturated carbocycles. The number of phenols is 2. The van der Waals surface area contributed by atoms with Gasteiger partial charge < -0.3 is 14.9 Å². The van der Waals surface area contributed by atoms with Gasteiger partial charge in [0.15, 0.2) is 17.2 Å². The van der Waals surface area contributed by atoms with Gasteiger partial charge in [0.1, 0.15) is 5.69 Å². The molecule has 0 atom stereocenters. The van der Waals surface area contributed by atoms with E-state index in [1.807, 2.05) is 0 Å². The minimum atomic E-state index is -0.134. The molecule has 3 N–H and O–H groups in total. The molecule has 1 aromatic rings. The van der Waals surface area contributed by atoms with Crippen molar-refractivity contribution < 1.29 is 14.9 Å². The summed E-state index contributed by atoms with van der Waals surface area (Å²) in [4.78, 5) is 0. The number of benzene rings is 1. The Hall–Kier alpha value is -1.91. The van der Waals surface area contributed by atoms with Crippen LogP contribution in [-0.4, -0.2) is 16.1 Å². The van der Waals surface area contributed by atoms with Crippen molar-refractivity contribution in [3.63, 3.8) is 0 Å². The fourth-order valence-corrected chi connectivity index (χ4v) is 3.05. The molecule has 1 heterocycles. The van der Waals surface area contributed by atoms with Crippen LogP contribution in [0.4, 0.5) is 5.69 Å². The highest BCUT2D eigenvalue weighted by molar-refractivity contribution is 5.84. The molecule has 0 amide bonds. The number of hydrogen-bond acceptors (Lipinski definition) is 5. The molecule has 0 unspecified atom stereocenters. The highest BCUT2D eigenvalue weighted by Gasteiger charge is 2.21. The Kier molecular flexibility index (Phi) is 7.22. The van der Waals surface area contributed by atoms with Crippen LogP contribution >= 0.6 is 0 Å². The average Bonchev–Trinajstić information content (AvgIpc) is 2.57. The van der Waals surface area contributed by atoms with Gasteiger partial charge in [0.25, 0.3) is 0 Å². The molecule has 134 valence electrons. The number of aromatic hydroxyl groups is 2. The molecule has 5 heteroatoms. The maximum absolute atomic E-state index is 10.2. The van der Waals surface area contributed by atoms with E-state index in [0.29, 0.717) is 29.3 Å². The summed E-state index contributed by atoms with van der Waals surface area (Å²) in [7, 11) is 0. The van der Waals surface area contributed by atoms with Crippen LogP contribution in [0.3, 0.4) is 0 Å². The zero-order chi connectivity index (χ0) is 17.4. The number of hydrogen-bond donors (Lipinski definition) is 3. The first kappa shape index (κ1) is 18.4. The number of ether oxygens (including phenoxy) is 1. The van der Waals surface area contributed by atoms with Crippen LogP contribution in [0.25, 0.3) is 0 Å². The molecule has 0 radical (unpaired) electrons. The van der Waals surface area contributed by atoms with E-state index in [-0.39, 0.29) is 11.5 Å². The van der Waals surface area contributed by atoms with Gasteiger partial charge in [0, 0.05) is 18.6 Å². The molecule has 0 saturated heterocycles. The first-order chi connectivity index (χ1) is 11.6. The molecule has 0 spiro atoms. The van der Waals surface area contributed by atoms with Crippen molar-refractivity contribution in [1.29, 1.82) is 0 Å². The van der Waals surface area contributed by atoms with Gasteiger partial charge in [0.05, 0.1) is 0 Å². The van der Waals surface area contributed by atoms with Gasteiger partial charge >= 0.3 is 0 Å². The van der Waals surface area contributed by atoms with E-state index in [1.165, 1.54) is 51.0 Å². The largest absolute Gasteiger partial charge is 0.504 e. The zero-order valence-corrected chi connectivity index (χ0v) is 14.9. The maximum atomic E-state index is 10.2. The van der Waals surface area contributed by atoms with Crippen molar-refractivity contribution in [2.24, 2.45) is 5.10 Å². The molecule has 0 bridgehead atoms. The molecule has 5 nitrogen and oxygen atoms in total. The second-order valence-electron chi connectivity index (χ2n) is 6.52. The molecular weight excluding hydrogens is 304 g/mol. The van der Waals surface area contributed by atoms with E-state index in [1.54, 1.807) is 6.92 Å². The Morgan fingerprint density at radius 1 is 1.00 bits per heavy atom. The van der Waals surface area contributed by atoms with Crippen molar-refractivity contribution in [2.75, 3.05) is 5.43 Å². The SMILES string of the molecule is CCCCCCCCCCCc1c(O)c(O)cc2c1OC(C)=NN2. The van der Waals surface area contributed by atoms with Crippen LogP contribution < -0.4 is 10.2 Å². The Balaban J connectivity index is 1.80. The first-order valence-electron chi connectivity index (χ1n) is 9.19. The van der Waals surface area contributed by atoms with Crippen LogP contribution in [0, 0.1) is 0 Å². The Morgan fingerprint density at radius 3 is 2.29 bits per heavy atom. The summed E-state index contributed by atoms with van der Waals surface area (Å²) >= 11 is 0. The molecule has 1 aliphatic heterocycles. The van der Waals surface area contributed by atoms with Crippen molar-refractivity contribution >= 4 is 11.6 Å². The van der Waals surface area contributed by atoms with E-state index in [0.717, 1.165) is 12.8 Å². The van der Waals surface area contributed by atoms with Crippen LogP contribution in [0.5, 0.6) is 17.2 Å². The number of fused-ring (bicyclic) bond motifs is 1. The molecular formula is C19H30N2O3. The Bertz CT molecular complexity index is 570. The van der Waals surface area contributed by atoms with E-state index < -0.39 is 0 Å². The molecule has 1 aromatic carbocycles.